The van der Waals surface area contributed by atoms with Gasteiger partial charge in [-0.1, -0.05) is 26.8 Å². The van der Waals surface area contributed by atoms with E-state index < -0.39 is 11.9 Å². The number of carboxylic acid groups (broad SMARTS) is 1. The smallest absolute Gasteiger partial charge is 0.315 e. The number of hydrogen-bond donors (Lipinski definition) is 3. The van der Waals surface area contributed by atoms with Crippen molar-refractivity contribution in [1.29, 1.82) is 0 Å². The Bertz CT molecular complexity index is 282. The zero-order valence-corrected chi connectivity index (χ0v) is 10.7. The lowest BCUT2D eigenvalue weighted by atomic mass is 9.84. The third-order valence-electron chi connectivity index (χ3n) is 2.12. The van der Waals surface area contributed by atoms with Crippen LogP contribution >= 0.6 is 0 Å². The third kappa shape index (κ3) is 8.30. The Morgan fingerprint density at radius 3 is 2.35 bits per heavy atom. The number of nitrogens with one attached hydrogen (secondary N) is 2. The quantitative estimate of drug-likeness (QED) is 0.619. The van der Waals surface area contributed by atoms with E-state index in [1.807, 2.05) is 20.8 Å². The maximum atomic E-state index is 11.2. The molecular weight excluding hydrogens is 220 g/mol. The Hall–Kier alpha value is -1.52. The summed E-state index contributed by atoms with van der Waals surface area (Å²) < 4.78 is 0. The molecule has 3 N–H and O–H groups in total. The Kier molecular flexibility index (Phi) is 6.31. The van der Waals surface area contributed by atoms with Crippen LogP contribution in [0.5, 0.6) is 0 Å². The van der Waals surface area contributed by atoms with Crippen LogP contribution in [0.3, 0.4) is 0 Å². The predicted molar refractivity (Wildman–Crippen MR) is 66.8 cm³/mol. The number of hydrogen-bond acceptors (Lipinski definition) is 2. The number of carbonyl (C=O) groups is 2. The van der Waals surface area contributed by atoms with Crippen molar-refractivity contribution in [3.63, 3.8) is 0 Å². The van der Waals surface area contributed by atoms with Crippen molar-refractivity contribution < 1.29 is 14.7 Å². The second-order valence-electron chi connectivity index (χ2n) is 5.18. The molecule has 0 bridgehead atoms. The highest BCUT2D eigenvalue weighted by Gasteiger charge is 2.24. The van der Waals surface area contributed by atoms with Crippen LogP contribution in [0.2, 0.25) is 0 Å². The molecule has 1 unspecified atom stereocenters. The van der Waals surface area contributed by atoms with Crippen LogP contribution in [0.25, 0.3) is 0 Å². The van der Waals surface area contributed by atoms with Crippen molar-refractivity contribution in [3.05, 3.63) is 12.7 Å². The first kappa shape index (κ1) is 15.5. The van der Waals surface area contributed by atoms with E-state index in [1.165, 1.54) is 0 Å². The van der Waals surface area contributed by atoms with Gasteiger partial charge in [-0.15, -0.1) is 6.58 Å². The molecule has 17 heavy (non-hydrogen) atoms. The summed E-state index contributed by atoms with van der Waals surface area (Å²) in [5.74, 6) is -1.45. The van der Waals surface area contributed by atoms with Crippen molar-refractivity contribution in [2.45, 2.75) is 27.2 Å². The SMILES string of the molecule is C=CCNC(=O)NCC(CC(C)(C)C)C(=O)O. The molecular formula is C12H22N2O3. The molecule has 0 saturated carbocycles. The Morgan fingerprint density at radius 2 is 1.94 bits per heavy atom. The largest absolute Gasteiger partial charge is 0.481 e. The highest BCUT2D eigenvalue weighted by atomic mass is 16.4. The van der Waals surface area contributed by atoms with Gasteiger partial charge in [0.05, 0.1) is 5.92 Å². The lowest BCUT2D eigenvalue weighted by molar-refractivity contribution is -0.142. The highest BCUT2D eigenvalue weighted by Crippen LogP contribution is 2.24. The topological polar surface area (TPSA) is 78.4 Å². The summed E-state index contributed by atoms with van der Waals surface area (Å²) in [5.41, 5.74) is -0.0810. The summed E-state index contributed by atoms with van der Waals surface area (Å²) in [6, 6.07) is -0.370. The molecule has 0 saturated heterocycles. The van der Waals surface area contributed by atoms with Crippen molar-refractivity contribution >= 4 is 12.0 Å². The van der Waals surface area contributed by atoms with E-state index in [0.29, 0.717) is 13.0 Å². The van der Waals surface area contributed by atoms with Gasteiger partial charge >= 0.3 is 12.0 Å². The Labute approximate surface area is 102 Å². The molecule has 0 spiro atoms. The Morgan fingerprint density at radius 1 is 1.35 bits per heavy atom. The van der Waals surface area contributed by atoms with E-state index in [0.717, 1.165) is 0 Å². The van der Waals surface area contributed by atoms with Crippen LogP contribution in [0.4, 0.5) is 4.79 Å². The highest BCUT2D eigenvalue weighted by molar-refractivity contribution is 5.75. The molecule has 0 aliphatic rings. The van der Waals surface area contributed by atoms with Crippen LogP contribution in [0, 0.1) is 11.3 Å². The number of urea groups is 1. The predicted octanol–water partition coefficient (Wildman–Crippen LogP) is 1.61. The lowest BCUT2D eigenvalue weighted by Crippen LogP contribution is -2.40. The van der Waals surface area contributed by atoms with Crippen molar-refractivity contribution in [2.75, 3.05) is 13.1 Å². The normalized spacial score (nSPS) is 12.6. The number of aliphatic carboxylic acids is 1. The minimum Gasteiger partial charge on any atom is -0.481 e. The van der Waals surface area contributed by atoms with Crippen LogP contribution in [-0.4, -0.2) is 30.2 Å². The second kappa shape index (κ2) is 6.93. The molecule has 1 atom stereocenters. The van der Waals surface area contributed by atoms with Gasteiger partial charge in [0.1, 0.15) is 0 Å². The van der Waals surface area contributed by atoms with Gasteiger partial charge in [-0.05, 0) is 11.8 Å². The van der Waals surface area contributed by atoms with Gasteiger partial charge in [0.2, 0.25) is 0 Å². The average Bonchev–Trinajstić information content (AvgIpc) is 2.19. The molecule has 0 rings (SSSR count). The van der Waals surface area contributed by atoms with E-state index >= 15 is 0 Å². The third-order valence-corrected chi connectivity index (χ3v) is 2.12. The van der Waals surface area contributed by atoms with Crippen molar-refractivity contribution in [3.8, 4) is 0 Å². The van der Waals surface area contributed by atoms with Gasteiger partial charge in [0.25, 0.3) is 0 Å². The molecule has 2 amide bonds. The molecule has 98 valence electrons. The number of carboxylic acids is 1. The molecule has 0 radical (unpaired) electrons. The molecule has 5 nitrogen and oxygen atoms in total. The van der Waals surface area contributed by atoms with E-state index in [4.69, 9.17) is 5.11 Å². The summed E-state index contributed by atoms with van der Waals surface area (Å²) in [7, 11) is 0. The summed E-state index contributed by atoms with van der Waals surface area (Å²) in [4.78, 5) is 22.2. The van der Waals surface area contributed by atoms with E-state index in [2.05, 4.69) is 17.2 Å². The maximum Gasteiger partial charge on any atom is 0.315 e. The van der Waals surface area contributed by atoms with Crippen LogP contribution in [0.1, 0.15) is 27.2 Å². The molecule has 0 aliphatic heterocycles. The van der Waals surface area contributed by atoms with Gasteiger partial charge < -0.3 is 15.7 Å². The first-order valence-electron chi connectivity index (χ1n) is 5.61. The van der Waals surface area contributed by atoms with E-state index in [9.17, 15) is 9.59 Å². The summed E-state index contributed by atoms with van der Waals surface area (Å²) >= 11 is 0. The van der Waals surface area contributed by atoms with Gasteiger partial charge in [-0.25, -0.2) is 4.79 Å². The van der Waals surface area contributed by atoms with Gasteiger partial charge in [0, 0.05) is 13.1 Å². The van der Waals surface area contributed by atoms with Crippen molar-refractivity contribution in [2.24, 2.45) is 11.3 Å². The fourth-order valence-electron chi connectivity index (χ4n) is 1.43. The fourth-order valence-corrected chi connectivity index (χ4v) is 1.43. The molecule has 0 heterocycles. The molecule has 0 aromatic carbocycles. The molecule has 0 aliphatic carbocycles. The first-order valence-corrected chi connectivity index (χ1v) is 5.61. The zero-order valence-electron chi connectivity index (χ0n) is 10.7. The summed E-state index contributed by atoms with van der Waals surface area (Å²) in [6.07, 6.45) is 2.08. The first-order chi connectivity index (χ1) is 7.76. The van der Waals surface area contributed by atoms with Crippen LogP contribution < -0.4 is 10.6 Å². The molecule has 0 fully saturated rings. The van der Waals surface area contributed by atoms with Gasteiger partial charge in [-0.3, -0.25) is 4.79 Å². The average molecular weight is 242 g/mol. The summed E-state index contributed by atoms with van der Waals surface area (Å²) in [5, 5.41) is 14.1. The minimum atomic E-state index is -0.885. The van der Waals surface area contributed by atoms with Crippen LogP contribution in [-0.2, 0) is 4.79 Å². The molecule has 0 aromatic heterocycles. The zero-order chi connectivity index (χ0) is 13.5. The van der Waals surface area contributed by atoms with Gasteiger partial charge in [0.15, 0.2) is 0 Å². The minimum absolute atomic E-state index is 0.0810. The molecule has 5 heteroatoms. The number of rotatable bonds is 6. The fraction of sp³-hybridized carbons (Fsp3) is 0.667. The maximum absolute atomic E-state index is 11.2. The Balaban J connectivity index is 4.14. The number of amides is 2. The van der Waals surface area contributed by atoms with E-state index in [1.54, 1.807) is 6.08 Å². The van der Waals surface area contributed by atoms with Crippen LogP contribution in [0.15, 0.2) is 12.7 Å². The summed E-state index contributed by atoms with van der Waals surface area (Å²) in [6.45, 7) is 9.89. The molecule has 0 aromatic rings. The van der Waals surface area contributed by atoms with Gasteiger partial charge in [-0.2, -0.15) is 0 Å². The van der Waals surface area contributed by atoms with E-state index in [-0.39, 0.29) is 18.0 Å². The van der Waals surface area contributed by atoms with Crippen molar-refractivity contribution in [1.82, 2.24) is 10.6 Å². The lowest BCUT2D eigenvalue weighted by Gasteiger charge is -2.23. The number of carbonyl (C=O) groups excluding carboxylic acids is 1. The monoisotopic (exact) mass is 242 g/mol. The second-order valence-corrected chi connectivity index (χ2v) is 5.18. The standard InChI is InChI=1S/C12H22N2O3/c1-5-6-13-11(17)14-8-9(10(15)16)7-12(2,3)4/h5,9H,1,6-8H2,2-4H3,(H,15,16)(H2,13,14,17).